The number of carboxylic acids is 1. The number of hydrogen-bond donors (Lipinski definition) is 3. The number of rotatable bonds is 6. The van der Waals surface area contributed by atoms with Crippen molar-refractivity contribution >= 4 is 43.8 Å². The zero-order valence-corrected chi connectivity index (χ0v) is 14.4. The quantitative estimate of drug-likeness (QED) is 0.594. The van der Waals surface area contributed by atoms with Crippen LogP contribution in [0.4, 0.5) is 16.5 Å². The third-order valence-corrected chi connectivity index (χ3v) is 5.30. The third kappa shape index (κ3) is 3.78. The van der Waals surface area contributed by atoms with Gasteiger partial charge < -0.3 is 14.9 Å². The van der Waals surface area contributed by atoms with Crippen LogP contribution in [-0.2, 0) is 10.0 Å². The fourth-order valence-electron chi connectivity index (χ4n) is 1.94. The van der Waals surface area contributed by atoms with E-state index in [4.69, 9.17) is 9.63 Å². The van der Waals surface area contributed by atoms with Crippen molar-refractivity contribution in [2.45, 2.75) is 11.8 Å². The van der Waals surface area contributed by atoms with Crippen molar-refractivity contribution in [2.24, 2.45) is 0 Å². The summed E-state index contributed by atoms with van der Waals surface area (Å²) in [4.78, 5) is 14.6. The molecule has 9 nitrogen and oxygen atoms in total. The van der Waals surface area contributed by atoms with E-state index in [9.17, 15) is 13.2 Å². The number of carboxylic acid groups (broad SMARTS) is 1. The van der Waals surface area contributed by atoms with Crippen molar-refractivity contribution in [3.05, 3.63) is 47.3 Å². The maximum atomic E-state index is 12.4. The molecule has 0 spiro atoms. The summed E-state index contributed by atoms with van der Waals surface area (Å²) in [5.74, 6) is -0.159. The molecular formula is C14H12N4O5S2. The predicted octanol–water partition coefficient (Wildman–Crippen LogP) is 2.68. The van der Waals surface area contributed by atoms with Crippen LogP contribution in [0.5, 0.6) is 0 Å². The first-order chi connectivity index (χ1) is 11.8. The highest BCUT2D eigenvalue weighted by atomic mass is 32.2. The highest BCUT2D eigenvalue weighted by molar-refractivity contribution is 7.93. The van der Waals surface area contributed by atoms with Gasteiger partial charge in [0.15, 0.2) is 11.5 Å². The number of aryl methyl sites for hydroxylation is 1. The summed E-state index contributed by atoms with van der Waals surface area (Å²) in [6.07, 6.45) is 0. The predicted molar refractivity (Wildman–Crippen MR) is 90.8 cm³/mol. The Kier molecular flexibility index (Phi) is 4.42. The third-order valence-electron chi connectivity index (χ3n) is 3.06. The van der Waals surface area contributed by atoms with Gasteiger partial charge in [0.25, 0.3) is 10.0 Å². The number of aromatic carboxylic acids is 1. The largest absolute Gasteiger partial charge is 0.476 e. The van der Waals surface area contributed by atoms with Gasteiger partial charge in [-0.2, -0.15) is 0 Å². The molecule has 11 heteroatoms. The lowest BCUT2D eigenvalue weighted by atomic mass is 10.3. The van der Waals surface area contributed by atoms with Gasteiger partial charge in [0.1, 0.15) is 10.8 Å². The number of thiazole rings is 1. The standard InChI is InChI=1S/C14H12N4O5S2/c1-8-6-11(17-23-8)16-9-2-4-10(5-3-9)25(21,22)18-13-12(14(19)20)15-7-24-13/h2-7,18H,1H3,(H,16,17)(H,19,20). The van der Waals surface area contributed by atoms with E-state index in [1.54, 1.807) is 25.1 Å². The van der Waals surface area contributed by atoms with Gasteiger partial charge in [0, 0.05) is 11.8 Å². The number of sulfonamides is 1. The second kappa shape index (κ2) is 6.53. The van der Waals surface area contributed by atoms with E-state index >= 15 is 0 Å². The molecule has 0 atom stereocenters. The average Bonchev–Trinajstić information content (AvgIpc) is 3.16. The van der Waals surface area contributed by atoms with E-state index in [1.165, 1.54) is 17.6 Å². The van der Waals surface area contributed by atoms with E-state index in [2.05, 4.69) is 20.2 Å². The second-order valence-electron chi connectivity index (χ2n) is 4.91. The lowest BCUT2D eigenvalue weighted by Crippen LogP contribution is -2.14. The molecule has 25 heavy (non-hydrogen) atoms. The van der Waals surface area contributed by atoms with Gasteiger partial charge in [-0.1, -0.05) is 5.16 Å². The highest BCUT2D eigenvalue weighted by Gasteiger charge is 2.20. The first-order valence-electron chi connectivity index (χ1n) is 6.85. The summed E-state index contributed by atoms with van der Waals surface area (Å²) in [6.45, 7) is 1.75. The molecule has 0 aliphatic carbocycles. The maximum absolute atomic E-state index is 12.4. The Morgan fingerprint density at radius 3 is 2.60 bits per heavy atom. The number of benzene rings is 1. The van der Waals surface area contributed by atoms with Crippen molar-refractivity contribution < 1.29 is 22.8 Å². The maximum Gasteiger partial charge on any atom is 0.357 e. The van der Waals surface area contributed by atoms with Crippen LogP contribution in [-0.4, -0.2) is 29.6 Å². The second-order valence-corrected chi connectivity index (χ2v) is 7.45. The van der Waals surface area contributed by atoms with E-state index in [-0.39, 0.29) is 15.6 Å². The summed E-state index contributed by atoms with van der Waals surface area (Å²) in [7, 11) is -3.93. The molecule has 0 saturated carbocycles. The Morgan fingerprint density at radius 2 is 2.00 bits per heavy atom. The van der Waals surface area contributed by atoms with Crippen molar-refractivity contribution in [3.8, 4) is 0 Å². The van der Waals surface area contributed by atoms with E-state index in [1.807, 2.05) is 0 Å². The number of aromatic nitrogens is 2. The molecule has 0 aliphatic heterocycles. The van der Waals surface area contributed by atoms with Gasteiger partial charge in [0.05, 0.1) is 10.4 Å². The van der Waals surface area contributed by atoms with Crippen LogP contribution in [0.15, 0.2) is 45.3 Å². The minimum atomic E-state index is -3.93. The number of anilines is 3. The molecule has 0 unspecified atom stereocenters. The summed E-state index contributed by atoms with van der Waals surface area (Å²) < 4.78 is 31.9. The minimum Gasteiger partial charge on any atom is -0.476 e. The Morgan fingerprint density at radius 1 is 1.28 bits per heavy atom. The molecule has 3 aromatic rings. The molecular weight excluding hydrogens is 368 g/mol. The van der Waals surface area contributed by atoms with Crippen LogP contribution in [0.25, 0.3) is 0 Å². The van der Waals surface area contributed by atoms with Gasteiger partial charge in [-0.25, -0.2) is 18.2 Å². The van der Waals surface area contributed by atoms with Crippen LogP contribution >= 0.6 is 11.3 Å². The van der Waals surface area contributed by atoms with Crippen molar-refractivity contribution in [1.29, 1.82) is 0 Å². The molecule has 1 aromatic carbocycles. The molecule has 3 N–H and O–H groups in total. The Bertz CT molecular complexity index is 1010. The number of carbonyl (C=O) groups is 1. The Labute approximate surface area is 146 Å². The molecule has 130 valence electrons. The van der Waals surface area contributed by atoms with Gasteiger partial charge in [0.2, 0.25) is 0 Å². The molecule has 0 saturated heterocycles. The van der Waals surface area contributed by atoms with Crippen LogP contribution in [0, 0.1) is 6.92 Å². The normalized spacial score (nSPS) is 11.2. The topological polar surface area (TPSA) is 134 Å². The Balaban J connectivity index is 1.78. The number of nitrogens with zero attached hydrogens (tertiary/aromatic N) is 2. The fourth-order valence-corrected chi connectivity index (χ4v) is 3.93. The van der Waals surface area contributed by atoms with Crippen molar-refractivity contribution in [1.82, 2.24) is 10.1 Å². The number of nitrogens with one attached hydrogen (secondary N) is 2. The summed E-state index contributed by atoms with van der Waals surface area (Å²) in [5.41, 5.74) is 1.54. The molecule has 0 fully saturated rings. The SMILES string of the molecule is Cc1cc(Nc2ccc(S(=O)(=O)Nc3scnc3C(=O)O)cc2)no1. The first kappa shape index (κ1) is 16.9. The lowest BCUT2D eigenvalue weighted by molar-refractivity contribution is 0.0692. The summed E-state index contributed by atoms with van der Waals surface area (Å²) >= 11 is 0.893. The molecule has 2 aromatic heterocycles. The molecule has 0 amide bonds. The summed E-state index contributed by atoms with van der Waals surface area (Å²) in [5, 5.41) is 15.7. The van der Waals surface area contributed by atoms with Gasteiger partial charge in [-0.3, -0.25) is 4.72 Å². The molecule has 0 radical (unpaired) electrons. The smallest absolute Gasteiger partial charge is 0.357 e. The van der Waals surface area contributed by atoms with Crippen molar-refractivity contribution in [2.75, 3.05) is 10.0 Å². The molecule has 3 rings (SSSR count). The zero-order valence-electron chi connectivity index (χ0n) is 12.8. The minimum absolute atomic E-state index is 0.0147. The summed E-state index contributed by atoms with van der Waals surface area (Å²) in [6, 6.07) is 7.59. The average molecular weight is 380 g/mol. The lowest BCUT2D eigenvalue weighted by Gasteiger charge is -2.08. The van der Waals surface area contributed by atoms with E-state index < -0.39 is 16.0 Å². The van der Waals surface area contributed by atoms with Gasteiger partial charge in [-0.05, 0) is 31.2 Å². The van der Waals surface area contributed by atoms with Gasteiger partial charge in [-0.15, -0.1) is 11.3 Å². The van der Waals surface area contributed by atoms with E-state index in [0.29, 0.717) is 17.3 Å². The number of hydrogen-bond acceptors (Lipinski definition) is 8. The monoisotopic (exact) mass is 380 g/mol. The highest BCUT2D eigenvalue weighted by Crippen LogP contribution is 2.25. The van der Waals surface area contributed by atoms with Crippen LogP contribution in [0.2, 0.25) is 0 Å². The van der Waals surface area contributed by atoms with Crippen molar-refractivity contribution in [3.63, 3.8) is 0 Å². The zero-order chi connectivity index (χ0) is 18.0. The van der Waals surface area contributed by atoms with E-state index in [0.717, 1.165) is 11.3 Å². The van der Waals surface area contributed by atoms with Crippen LogP contribution < -0.4 is 10.0 Å². The molecule has 2 heterocycles. The van der Waals surface area contributed by atoms with Gasteiger partial charge >= 0.3 is 5.97 Å². The Hall–Kier alpha value is -2.92. The molecule has 0 aliphatic rings. The first-order valence-corrected chi connectivity index (χ1v) is 9.21. The molecule has 0 bridgehead atoms. The van der Waals surface area contributed by atoms with Crippen LogP contribution in [0.3, 0.4) is 0 Å². The fraction of sp³-hybridized carbons (Fsp3) is 0.0714. The van der Waals surface area contributed by atoms with Crippen LogP contribution in [0.1, 0.15) is 16.2 Å².